The Hall–Kier alpha value is -2.06. The molecule has 1 aromatic rings. The zero-order chi connectivity index (χ0) is 19.8. The SMILES string of the molecule is CCOc1cc(/C=C2\SC(=S)N(CCCCCC(=O)OC)C2=O)ccc1O. The van der Waals surface area contributed by atoms with Crippen LogP contribution >= 0.6 is 24.0 Å². The molecule has 0 unspecified atom stereocenters. The summed E-state index contributed by atoms with van der Waals surface area (Å²) in [7, 11) is 1.38. The minimum absolute atomic E-state index is 0.0634. The molecule has 1 fully saturated rings. The third-order valence-electron chi connectivity index (χ3n) is 3.95. The van der Waals surface area contributed by atoms with E-state index in [2.05, 4.69) is 4.74 Å². The van der Waals surface area contributed by atoms with Gasteiger partial charge >= 0.3 is 5.97 Å². The molecule has 1 aromatic carbocycles. The number of carbonyl (C=O) groups excluding carboxylic acids is 2. The molecule has 1 saturated heterocycles. The van der Waals surface area contributed by atoms with Gasteiger partial charge in [-0.3, -0.25) is 14.5 Å². The number of methoxy groups -OCH3 is 1. The summed E-state index contributed by atoms with van der Waals surface area (Å²) in [6.07, 6.45) is 4.45. The normalized spacial score (nSPS) is 15.5. The monoisotopic (exact) mass is 409 g/mol. The fraction of sp³-hybridized carbons (Fsp3) is 0.421. The van der Waals surface area contributed by atoms with Gasteiger partial charge in [0.15, 0.2) is 11.5 Å². The molecular weight excluding hydrogens is 386 g/mol. The van der Waals surface area contributed by atoms with E-state index in [0.29, 0.717) is 34.5 Å². The Labute approximate surface area is 168 Å². The lowest BCUT2D eigenvalue weighted by molar-refractivity contribution is -0.140. The average molecular weight is 410 g/mol. The summed E-state index contributed by atoms with van der Waals surface area (Å²) in [6.45, 7) is 2.81. The summed E-state index contributed by atoms with van der Waals surface area (Å²) < 4.78 is 10.5. The molecule has 0 radical (unpaired) electrons. The van der Waals surface area contributed by atoms with Crippen LogP contribution in [0, 0.1) is 0 Å². The maximum absolute atomic E-state index is 12.6. The van der Waals surface area contributed by atoms with Crippen molar-refractivity contribution in [1.82, 2.24) is 4.90 Å². The summed E-state index contributed by atoms with van der Waals surface area (Å²) in [5, 5.41) is 9.78. The van der Waals surface area contributed by atoms with Crippen LogP contribution in [-0.2, 0) is 14.3 Å². The van der Waals surface area contributed by atoms with Gasteiger partial charge in [-0.25, -0.2) is 0 Å². The number of aromatic hydroxyl groups is 1. The lowest BCUT2D eigenvalue weighted by Crippen LogP contribution is -2.29. The topological polar surface area (TPSA) is 76.1 Å². The Bertz CT molecular complexity index is 748. The first-order chi connectivity index (χ1) is 13.0. The zero-order valence-corrected chi connectivity index (χ0v) is 17.0. The van der Waals surface area contributed by atoms with E-state index >= 15 is 0 Å². The second kappa shape index (κ2) is 10.3. The molecule has 27 heavy (non-hydrogen) atoms. The predicted molar refractivity (Wildman–Crippen MR) is 110 cm³/mol. The van der Waals surface area contributed by atoms with Crippen molar-refractivity contribution in [2.75, 3.05) is 20.3 Å². The molecule has 0 atom stereocenters. The minimum atomic E-state index is -0.219. The van der Waals surface area contributed by atoms with Crippen molar-refractivity contribution < 1.29 is 24.2 Å². The highest BCUT2D eigenvalue weighted by Gasteiger charge is 2.31. The van der Waals surface area contributed by atoms with E-state index in [-0.39, 0.29) is 17.6 Å². The number of hydrogen-bond donors (Lipinski definition) is 1. The summed E-state index contributed by atoms with van der Waals surface area (Å²) in [5.41, 5.74) is 0.759. The molecule has 0 bridgehead atoms. The number of carbonyl (C=O) groups is 2. The van der Waals surface area contributed by atoms with Crippen molar-refractivity contribution in [3.05, 3.63) is 28.7 Å². The Morgan fingerprint density at radius 1 is 1.33 bits per heavy atom. The predicted octanol–water partition coefficient (Wildman–Crippen LogP) is 3.73. The maximum atomic E-state index is 12.6. The first-order valence-electron chi connectivity index (χ1n) is 8.74. The molecule has 1 aliphatic rings. The highest BCUT2D eigenvalue weighted by atomic mass is 32.2. The smallest absolute Gasteiger partial charge is 0.305 e. The summed E-state index contributed by atoms with van der Waals surface area (Å²) in [6, 6.07) is 4.95. The average Bonchev–Trinajstić information content (AvgIpc) is 2.91. The van der Waals surface area contributed by atoms with E-state index in [0.717, 1.165) is 24.8 Å². The second-order valence-electron chi connectivity index (χ2n) is 5.88. The number of hydrogen-bond acceptors (Lipinski definition) is 7. The standard InChI is InChI=1S/C19H23NO5S2/c1-3-25-15-11-13(8-9-14(15)21)12-16-18(23)20(19(26)27-16)10-6-4-5-7-17(22)24-2/h8-9,11-12,21H,3-7,10H2,1-2H3/b16-12-. The second-order valence-corrected chi connectivity index (χ2v) is 7.56. The van der Waals surface area contributed by atoms with Crippen LogP contribution in [0.15, 0.2) is 23.1 Å². The molecule has 1 N–H and O–H groups in total. The third-order valence-corrected chi connectivity index (χ3v) is 5.32. The van der Waals surface area contributed by atoms with Gasteiger partial charge in [0.05, 0.1) is 18.6 Å². The fourth-order valence-corrected chi connectivity index (χ4v) is 3.86. The highest BCUT2D eigenvalue weighted by Crippen LogP contribution is 2.34. The summed E-state index contributed by atoms with van der Waals surface area (Å²) >= 11 is 6.59. The number of thiocarbonyl (C=S) groups is 1. The van der Waals surface area contributed by atoms with E-state index in [1.807, 2.05) is 6.92 Å². The van der Waals surface area contributed by atoms with E-state index in [4.69, 9.17) is 17.0 Å². The Balaban J connectivity index is 1.95. The fourth-order valence-electron chi connectivity index (χ4n) is 2.55. The Morgan fingerprint density at radius 3 is 2.81 bits per heavy atom. The largest absolute Gasteiger partial charge is 0.504 e. The van der Waals surface area contributed by atoms with Gasteiger partial charge in [-0.2, -0.15) is 0 Å². The number of phenols is 1. The first-order valence-corrected chi connectivity index (χ1v) is 9.96. The molecule has 0 saturated carbocycles. The van der Waals surface area contributed by atoms with E-state index in [9.17, 15) is 14.7 Å². The van der Waals surface area contributed by atoms with Gasteiger partial charge in [0.1, 0.15) is 4.32 Å². The number of thioether (sulfide) groups is 1. The van der Waals surface area contributed by atoms with Gasteiger partial charge in [-0.1, -0.05) is 36.5 Å². The molecule has 8 heteroatoms. The minimum Gasteiger partial charge on any atom is -0.504 e. The van der Waals surface area contributed by atoms with E-state index < -0.39 is 0 Å². The number of rotatable bonds is 9. The molecule has 1 aliphatic heterocycles. The van der Waals surface area contributed by atoms with Gasteiger partial charge in [-0.15, -0.1) is 0 Å². The number of ether oxygens (including phenoxy) is 2. The lowest BCUT2D eigenvalue weighted by atomic mass is 10.1. The molecule has 1 heterocycles. The number of esters is 1. The zero-order valence-electron chi connectivity index (χ0n) is 15.4. The molecule has 1 amide bonds. The van der Waals surface area contributed by atoms with Crippen LogP contribution < -0.4 is 4.74 Å². The van der Waals surface area contributed by atoms with Crippen LogP contribution in [0.4, 0.5) is 0 Å². The van der Waals surface area contributed by atoms with Crippen molar-refractivity contribution in [2.24, 2.45) is 0 Å². The number of amides is 1. The van der Waals surface area contributed by atoms with E-state index in [1.165, 1.54) is 18.9 Å². The number of phenolic OH excluding ortho intramolecular Hbond substituents is 1. The Kier molecular flexibility index (Phi) is 8.12. The first kappa shape index (κ1) is 21.2. The van der Waals surface area contributed by atoms with Gasteiger partial charge in [0, 0.05) is 13.0 Å². The molecular formula is C19H23NO5S2. The molecule has 146 valence electrons. The quantitative estimate of drug-likeness (QED) is 0.288. The molecule has 0 spiro atoms. The molecule has 2 rings (SSSR count). The summed E-state index contributed by atoms with van der Waals surface area (Å²) in [4.78, 5) is 25.8. The third kappa shape index (κ3) is 5.97. The number of unbranched alkanes of at least 4 members (excludes halogenated alkanes) is 2. The molecule has 6 nitrogen and oxygen atoms in total. The van der Waals surface area contributed by atoms with Crippen LogP contribution in [0.2, 0.25) is 0 Å². The van der Waals surface area contributed by atoms with Crippen molar-refractivity contribution in [3.8, 4) is 11.5 Å². The van der Waals surface area contributed by atoms with Crippen LogP contribution in [0.1, 0.15) is 38.2 Å². The van der Waals surface area contributed by atoms with Gasteiger partial charge in [-0.05, 0) is 43.5 Å². The summed E-state index contributed by atoms with van der Waals surface area (Å²) in [5.74, 6) is 0.105. The van der Waals surface area contributed by atoms with Crippen LogP contribution in [0.25, 0.3) is 6.08 Å². The van der Waals surface area contributed by atoms with Gasteiger partial charge in [0.25, 0.3) is 5.91 Å². The molecule has 0 aromatic heterocycles. The van der Waals surface area contributed by atoms with Crippen molar-refractivity contribution >= 4 is 46.3 Å². The van der Waals surface area contributed by atoms with Crippen molar-refractivity contribution in [3.63, 3.8) is 0 Å². The Morgan fingerprint density at radius 2 is 2.11 bits per heavy atom. The van der Waals surface area contributed by atoms with Crippen LogP contribution in [-0.4, -0.2) is 46.5 Å². The number of nitrogens with zero attached hydrogens (tertiary/aromatic N) is 1. The van der Waals surface area contributed by atoms with Gasteiger partial charge in [0.2, 0.25) is 0 Å². The highest BCUT2D eigenvalue weighted by molar-refractivity contribution is 8.26. The van der Waals surface area contributed by atoms with Crippen LogP contribution in [0.3, 0.4) is 0 Å². The molecule has 0 aliphatic carbocycles. The lowest BCUT2D eigenvalue weighted by Gasteiger charge is -2.13. The number of benzene rings is 1. The van der Waals surface area contributed by atoms with Crippen LogP contribution in [0.5, 0.6) is 11.5 Å². The van der Waals surface area contributed by atoms with E-state index in [1.54, 1.807) is 29.2 Å². The van der Waals surface area contributed by atoms with Gasteiger partial charge < -0.3 is 14.6 Å². The van der Waals surface area contributed by atoms with Crippen molar-refractivity contribution in [2.45, 2.75) is 32.6 Å². The maximum Gasteiger partial charge on any atom is 0.305 e. The van der Waals surface area contributed by atoms with Crippen molar-refractivity contribution in [1.29, 1.82) is 0 Å².